The molecule has 0 aliphatic carbocycles. The molecule has 0 fully saturated rings. The van der Waals surface area contributed by atoms with E-state index in [0.717, 1.165) is 44.2 Å². The number of hydrogen-bond donors (Lipinski definition) is 9. The number of Topliss-reactive ketones (excluding diaryl/α,β-unsaturated/α-hetero) is 1. The lowest BCUT2D eigenvalue weighted by atomic mass is 9.80. The monoisotopic (exact) mass is 845 g/mol. The normalized spacial score (nSPS) is 13.5. The number of aromatic nitrogens is 1. The molecule has 1 heterocycles. The van der Waals surface area contributed by atoms with E-state index in [1.807, 2.05) is 67.0 Å². The first-order valence-corrected chi connectivity index (χ1v) is 21.1. The van der Waals surface area contributed by atoms with E-state index in [1.54, 1.807) is 44.3 Å². The maximum atomic E-state index is 14.7. The molecular weight excluding hydrogens is 787 g/mol. The van der Waals surface area contributed by atoms with E-state index in [0.29, 0.717) is 55.6 Å². The molecule has 0 radical (unpaired) electrons. The Hall–Kier alpha value is -5.89. The van der Waals surface area contributed by atoms with Crippen LogP contribution in [0.5, 0.6) is 28.7 Å². The number of rotatable bonds is 23. The van der Waals surface area contributed by atoms with Gasteiger partial charge in [-0.05, 0) is 132 Å². The van der Waals surface area contributed by atoms with Crippen LogP contribution in [-0.4, -0.2) is 87.7 Å². The van der Waals surface area contributed by atoms with Gasteiger partial charge in [0.1, 0.15) is 18.3 Å². The molecule has 12 heteroatoms. The highest BCUT2D eigenvalue weighted by Crippen LogP contribution is 2.39. The number of phenols is 3. The average molecular weight is 846 g/mol. The number of carbonyl (C=O) groups is 1. The third kappa shape index (κ3) is 11.7. The van der Waals surface area contributed by atoms with Crippen LogP contribution < -0.4 is 20.1 Å². The van der Waals surface area contributed by atoms with Crippen molar-refractivity contribution in [2.75, 3.05) is 34.0 Å². The molecule has 0 spiro atoms. The molecule has 6 rings (SSSR count). The number of aromatic hydroxyl groups is 3. The van der Waals surface area contributed by atoms with Crippen molar-refractivity contribution in [3.05, 3.63) is 148 Å². The standard InChI is InChI=1S/C50H59N3O9/c1-31(55)27-53-30-62-48-22-32(10-12-44(48)57)21-42(39-19-34(28-51-2)20-41(56)24-39)47(60)26-46(59)40(18-33-14-16-52-29-33)23-37-11-13-45(58)50(61-3)43(37)25-38-9-5-7-35-6-4-8-36(15-17-54)49(35)38/h4-14,16,19-20,22,24,29,31,40,42,46,51-59H,15,17-18,21,23,25-28,30H2,1-3H3. The van der Waals surface area contributed by atoms with Crippen molar-refractivity contribution >= 4 is 16.6 Å². The molecule has 4 atom stereocenters. The summed E-state index contributed by atoms with van der Waals surface area (Å²) in [5.41, 5.74) is 6.65. The van der Waals surface area contributed by atoms with Crippen molar-refractivity contribution in [3.63, 3.8) is 0 Å². The Labute approximate surface area is 362 Å². The molecule has 0 bridgehead atoms. The molecule has 9 N–H and O–H groups in total. The Morgan fingerprint density at radius 2 is 1.60 bits per heavy atom. The number of ketones is 1. The Morgan fingerprint density at radius 3 is 2.31 bits per heavy atom. The van der Waals surface area contributed by atoms with Gasteiger partial charge in [-0.2, -0.15) is 0 Å². The van der Waals surface area contributed by atoms with Gasteiger partial charge in [0.05, 0.1) is 19.3 Å². The van der Waals surface area contributed by atoms with Crippen LogP contribution in [0.25, 0.3) is 10.8 Å². The number of H-pyrrole nitrogens is 1. The van der Waals surface area contributed by atoms with Crippen LogP contribution in [0.2, 0.25) is 0 Å². The highest BCUT2D eigenvalue weighted by molar-refractivity contribution is 5.89. The number of carbonyl (C=O) groups excluding carboxylic acids is 1. The van der Waals surface area contributed by atoms with Crippen LogP contribution in [0.3, 0.4) is 0 Å². The number of methoxy groups -OCH3 is 1. The summed E-state index contributed by atoms with van der Waals surface area (Å²) in [7, 11) is 3.32. The summed E-state index contributed by atoms with van der Waals surface area (Å²) >= 11 is 0. The molecule has 4 unspecified atom stereocenters. The lowest BCUT2D eigenvalue weighted by Gasteiger charge is -2.27. The molecule has 1 aromatic heterocycles. The molecule has 6 aromatic rings. The number of nitrogens with one attached hydrogen (secondary N) is 3. The first kappa shape index (κ1) is 45.6. The average Bonchev–Trinajstić information content (AvgIpc) is 3.76. The number of ether oxygens (including phenoxy) is 2. The molecule has 5 aromatic carbocycles. The number of aliphatic hydroxyl groups excluding tert-OH is 3. The lowest BCUT2D eigenvalue weighted by Crippen LogP contribution is -2.30. The molecule has 328 valence electrons. The summed E-state index contributed by atoms with van der Waals surface area (Å²) in [6.45, 7) is 2.45. The fraction of sp³-hybridized carbons (Fsp3) is 0.340. The lowest BCUT2D eigenvalue weighted by molar-refractivity contribution is -0.123. The van der Waals surface area contributed by atoms with E-state index < -0.39 is 24.0 Å². The number of benzene rings is 5. The van der Waals surface area contributed by atoms with E-state index in [1.165, 1.54) is 13.2 Å². The highest BCUT2D eigenvalue weighted by Gasteiger charge is 2.30. The number of aliphatic hydroxyl groups is 3. The van der Waals surface area contributed by atoms with Gasteiger partial charge >= 0.3 is 0 Å². The van der Waals surface area contributed by atoms with Gasteiger partial charge in [0.15, 0.2) is 23.0 Å². The number of aromatic amines is 1. The van der Waals surface area contributed by atoms with Crippen molar-refractivity contribution in [1.82, 2.24) is 15.6 Å². The minimum atomic E-state index is -1.10. The quantitative estimate of drug-likeness (QED) is 0.0264. The van der Waals surface area contributed by atoms with Crippen molar-refractivity contribution in [1.29, 1.82) is 0 Å². The minimum absolute atomic E-state index is 0.00264. The molecule has 0 aliphatic heterocycles. The Balaban J connectivity index is 1.33. The number of hydrogen-bond acceptors (Lipinski definition) is 11. The Morgan fingerprint density at radius 1 is 0.823 bits per heavy atom. The van der Waals surface area contributed by atoms with Gasteiger partial charge in [0.2, 0.25) is 0 Å². The predicted octanol–water partition coefficient (Wildman–Crippen LogP) is 6.19. The van der Waals surface area contributed by atoms with Crippen molar-refractivity contribution in [2.45, 2.75) is 70.1 Å². The summed E-state index contributed by atoms with van der Waals surface area (Å²) in [5, 5.41) is 72.4. The van der Waals surface area contributed by atoms with Gasteiger partial charge in [0, 0.05) is 56.4 Å². The van der Waals surface area contributed by atoms with Crippen LogP contribution >= 0.6 is 0 Å². The van der Waals surface area contributed by atoms with E-state index in [9.17, 15) is 35.4 Å². The Bertz CT molecular complexity index is 2390. The second kappa shape index (κ2) is 21.8. The topological polar surface area (TPSA) is 197 Å². The molecule has 62 heavy (non-hydrogen) atoms. The van der Waals surface area contributed by atoms with Crippen molar-refractivity contribution in [2.24, 2.45) is 5.92 Å². The summed E-state index contributed by atoms with van der Waals surface area (Å²) < 4.78 is 11.6. The van der Waals surface area contributed by atoms with Crippen LogP contribution in [-0.2, 0) is 43.4 Å². The fourth-order valence-corrected chi connectivity index (χ4v) is 8.43. The minimum Gasteiger partial charge on any atom is -0.508 e. The van der Waals surface area contributed by atoms with E-state index >= 15 is 0 Å². The predicted molar refractivity (Wildman–Crippen MR) is 240 cm³/mol. The zero-order valence-electron chi connectivity index (χ0n) is 35.6. The maximum absolute atomic E-state index is 14.7. The van der Waals surface area contributed by atoms with Gasteiger partial charge in [-0.3, -0.25) is 10.1 Å². The largest absolute Gasteiger partial charge is 0.508 e. The first-order chi connectivity index (χ1) is 30.0. The van der Waals surface area contributed by atoms with E-state index in [4.69, 9.17) is 9.47 Å². The van der Waals surface area contributed by atoms with E-state index in [-0.39, 0.29) is 55.0 Å². The van der Waals surface area contributed by atoms with Gasteiger partial charge < -0.3 is 50.4 Å². The number of fused-ring (bicyclic) bond motifs is 1. The second-order valence-electron chi connectivity index (χ2n) is 16.1. The SMILES string of the molecule is CNCc1cc(O)cc(C(Cc2ccc(O)c(OCNCC(C)O)c2)C(=O)CC(O)C(Cc2cc[nH]c2)Cc2ccc(O)c(OC)c2Cc2cccc3cccc(CCO)c23)c1. The van der Waals surface area contributed by atoms with Crippen molar-refractivity contribution < 1.29 is 44.9 Å². The van der Waals surface area contributed by atoms with E-state index in [2.05, 4.69) is 15.6 Å². The highest BCUT2D eigenvalue weighted by atomic mass is 16.5. The molecule has 0 amide bonds. The van der Waals surface area contributed by atoms with Crippen LogP contribution in [0.1, 0.15) is 63.8 Å². The molecular formula is C50H59N3O9. The third-order valence-electron chi connectivity index (χ3n) is 11.4. The summed E-state index contributed by atoms with van der Waals surface area (Å²) in [5.74, 6) is -1.00. The smallest absolute Gasteiger partial charge is 0.164 e. The van der Waals surface area contributed by atoms with Crippen LogP contribution in [0.15, 0.2) is 103 Å². The zero-order chi connectivity index (χ0) is 44.2. The summed E-state index contributed by atoms with van der Waals surface area (Å²) in [6.07, 6.45) is 3.70. The van der Waals surface area contributed by atoms with Crippen LogP contribution in [0.4, 0.5) is 0 Å². The van der Waals surface area contributed by atoms with Crippen molar-refractivity contribution in [3.8, 4) is 28.7 Å². The maximum Gasteiger partial charge on any atom is 0.164 e. The molecule has 0 aliphatic rings. The van der Waals surface area contributed by atoms with Gasteiger partial charge in [-0.25, -0.2) is 0 Å². The second-order valence-corrected chi connectivity index (χ2v) is 16.1. The van der Waals surface area contributed by atoms with Gasteiger partial charge in [-0.15, -0.1) is 0 Å². The Kier molecular flexibility index (Phi) is 16.0. The van der Waals surface area contributed by atoms with Gasteiger partial charge in [-0.1, -0.05) is 54.6 Å². The molecule has 0 saturated carbocycles. The van der Waals surface area contributed by atoms with Crippen LogP contribution in [0, 0.1) is 5.92 Å². The van der Waals surface area contributed by atoms with Gasteiger partial charge in [0.25, 0.3) is 0 Å². The summed E-state index contributed by atoms with van der Waals surface area (Å²) in [4.78, 5) is 17.8. The third-order valence-corrected chi connectivity index (χ3v) is 11.4. The molecule has 12 nitrogen and oxygen atoms in total. The first-order valence-electron chi connectivity index (χ1n) is 21.1. The fourth-order valence-electron chi connectivity index (χ4n) is 8.43. The summed E-state index contributed by atoms with van der Waals surface area (Å²) in [6, 6.07) is 27.5. The number of phenolic OH excluding ortho intramolecular Hbond substituents is 3. The zero-order valence-corrected chi connectivity index (χ0v) is 35.6. The molecule has 0 saturated heterocycles.